The summed E-state index contributed by atoms with van der Waals surface area (Å²) >= 11 is 4.27. The van der Waals surface area contributed by atoms with Gasteiger partial charge in [-0.15, -0.1) is 11.8 Å². The predicted molar refractivity (Wildman–Crippen MR) is 63.6 cm³/mol. The van der Waals surface area contributed by atoms with Gasteiger partial charge in [0.15, 0.2) is 0 Å². The normalized spacial score (nSPS) is 44.1. The molecule has 0 aromatic heterocycles. The van der Waals surface area contributed by atoms with Crippen LogP contribution in [0.15, 0.2) is 0 Å². The second-order valence-corrected chi connectivity index (χ2v) is 7.71. The fourth-order valence-corrected chi connectivity index (χ4v) is 5.27. The summed E-state index contributed by atoms with van der Waals surface area (Å²) < 4.78 is 0.498. The largest absolute Gasteiger partial charge is 0.298 e. The molecule has 13 heavy (non-hydrogen) atoms. The van der Waals surface area contributed by atoms with Crippen LogP contribution >= 0.6 is 23.5 Å². The van der Waals surface area contributed by atoms with E-state index in [0.29, 0.717) is 15.7 Å². The van der Waals surface area contributed by atoms with E-state index in [2.05, 4.69) is 49.6 Å². The Labute approximate surface area is 89.8 Å². The van der Waals surface area contributed by atoms with Crippen LogP contribution in [0, 0.1) is 0 Å². The third-order valence-corrected chi connectivity index (χ3v) is 6.54. The molecule has 0 spiro atoms. The fraction of sp³-hybridized carbons (Fsp3) is 1.00. The van der Waals surface area contributed by atoms with Crippen molar-refractivity contribution < 1.29 is 0 Å². The standard InChI is InChI=1S/C10H19NS2/c1-9(2)7-12-8(11-9)10(3)5-4-6-13-10/h8,11H,4-7H2,1-3H3. The fourth-order valence-electron chi connectivity index (χ4n) is 2.07. The summed E-state index contributed by atoms with van der Waals surface area (Å²) in [7, 11) is 0. The summed E-state index contributed by atoms with van der Waals surface area (Å²) in [6.07, 6.45) is 2.79. The van der Waals surface area contributed by atoms with Crippen LogP contribution in [0.1, 0.15) is 33.6 Å². The molecule has 0 aliphatic carbocycles. The highest BCUT2D eigenvalue weighted by Gasteiger charge is 2.44. The van der Waals surface area contributed by atoms with E-state index < -0.39 is 0 Å². The average Bonchev–Trinajstić information content (AvgIpc) is 2.58. The highest BCUT2D eigenvalue weighted by atomic mass is 32.2. The van der Waals surface area contributed by atoms with Crippen LogP contribution in [0.4, 0.5) is 0 Å². The minimum absolute atomic E-state index is 0.349. The van der Waals surface area contributed by atoms with E-state index in [4.69, 9.17) is 0 Å². The van der Waals surface area contributed by atoms with Crippen molar-refractivity contribution in [3.8, 4) is 0 Å². The lowest BCUT2D eigenvalue weighted by Crippen LogP contribution is -2.46. The summed E-state index contributed by atoms with van der Waals surface area (Å²) in [5, 5.41) is 4.43. The van der Waals surface area contributed by atoms with E-state index in [9.17, 15) is 0 Å². The third-order valence-electron chi connectivity index (χ3n) is 2.94. The molecule has 2 atom stereocenters. The zero-order chi connectivity index (χ0) is 9.53. The van der Waals surface area contributed by atoms with Crippen LogP contribution in [0.5, 0.6) is 0 Å². The van der Waals surface area contributed by atoms with E-state index in [0.717, 1.165) is 0 Å². The summed E-state index contributed by atoms with van der Waals surface area (Å²) in [6, 6.07) is 0. The van der Waals surface area contributed by atoms with E-state index >= 15 is 0 Å². The van der Waals surface area contributed by atoms with Crippen molar-refractivity contribution in [2.75, 3.05) is 11.5 Å². The summed E-state index contributed by atoms with van der Waals surface area (Å²) in [5.41, 5.74) is 0.349. The molecule has 3 heteroatoms. The first-order chi connectivity index (χ1) is 6.02. The van der Waals surface area contributed by atoms with E-state index in [1.807, 2.05) is 0 Å². The first-order valence-electron chi connectivity index (χ1n) is 5.05. The van der Waals surface area contributed by atoms with Gasteiger partial charge in [-0.1, -0.05) is 0 Å². The number of rotatable bonds is 1. The zero-order valence-electron chi connectivity index (χ0n) is 8.72. The molecule has 0 bridgehead atoms. The molecule has 0 aromatic carbocycles. The van der Waals surface area contributed by atoms with Gasteiger partial charge >= 0.3 is 0 Å². The van der Waals surface area contributed by atoms with E-state index in [1.54, 1.807) is 0 Å². The number of thioether (sulfide) groups is 2. The smallest absolute Gasteiger partial charge is 0.0683 e. The zero-order valence-corrected chi connectivity index (χ0v) is 10.4. The first-order valence-corrected chi connectivity index (χ1v) is 7.09. The minimum atomic E-state index is 0.349. The molecule has 0 amide bonds. The first kappa shape index (κ1) is 10.2. The van der Waals surface area contributed by atoms with Crippen molar-refractivity contribution in [1.82, 2.24) is 5.32 Å². The second kappa shape index (κ2) is 3.35. The Morgan fingerprint density at radius 1 is 1.31 bits per heavy atom. The molecule has 1 nitrogen and oxygen atoms in total. The molecule has 2 unspecified atom stereocenters. The molecule has 76 valence electrons. The number of hydrogen-bond acceptors (Lipinski definition) is 3. The van der Waals surface area contributed by atoms with Crippen LogP contribution in [0.2, 0.25) is 0 Å². The van der Waals surface area contributed by atoms with Crippen LogP contribution < -0.4 is 5.32 Å². The van der Waals surface area contributed by atoms with Gasteiger partial charge in [0.25, 0.3) is 0 Å². The van der Waals surface area contributed by atoms with Crippen molar-refractivity contribution in [2.24, 2.45) is 0 Å². The highest BCUT2D eigenvalue weighted by molar-refractivity contribution is 8.04. The Bertz CT molecular complexity index is 197. The monoisotopic (exact) mass is 217 g/mol. The molecular weight excluding hydrogens is 198 g/mol. The van der Waals surface area contributed by atoms with Crippen molar-refractivity contribution in [3.63, 3.8) is 0 Å². The minimum Gasteiger partial charge on any atom is -0.298 e. The van der Waals surface area contributed by atoms with Crippen molar-refractivity contribution in [1.29, 1.82) is 0 Å². The van der Waals surface area contributed by atoms with Gasteiger partial charge in [-0.05, 0) is 39.4 Å². The van der Waals surface area contributed by atoms with E-state index in [1.165, 1.54) is 24.3 Å². The van der Waals surface area contributed by atoms with Crippen LogP contribution in [0.3, 0.4) is 0 Å². The molecule has 2 saturated heterocycles. The Morgan fingerprint density at radius 2 is 2.08 bits per heavy atom. The van der Waals surface area contributed by atoms with Crippen LogP contribution in [-0.4, -0.2) is 27.2 Å². The van der Waals surface area contributed by atoms with Gasteiger partial charge in [-0.2, -0.15) is 11.8 Å². The maximum atomic E-state index is 3.75. The van der Waals surface area contributed by atoms with Crippen molar-refractivity contribution >= 4 is 23.5 Å². The predicted octanol–water partition coefficient (Wildman–Crippen LogP) is 2.71. The molecule has 0 aromatic rings. The molecule has 2 aliphatic heterocycles. The molecule has 2 aliphatic rings. The summed E-state index contributed by atoms with van der Waals surface area (Å²) in [5.74, 6) is 2.61. The molecule has 0 radical (unpaired) electrons. The SMILES string of the molecule is CC1(C)CSC(C2(C)CCCS2)N1. The molecule has 0 saturated carbocycles. The number of nitrogens with one attached hydrogen (secondary N) is 1. The average molecular weight is 217 g/mol. The Morgan fingerprint density at radius 3 is 2.54 bits per heavy atom. The Balaban J connectivity index is 2.02. The van der Waals surface area contributed by atoms with Gasteiger partial charge in [-0.3, -0.25) is 5.32 Å². The van der Waals surface area contributed by atoms with E-state index in [-0.39, 0.29) is 0 Å². The van der Waals surface area contributed by atoms with Gasteiger partial charge in [0.2, 0.25) is 0 Å². The topological polar surface area (TPSA) is 12.0 Å². The third kappa shape index (κ3) is 2.02. The molecular formula is C10H19NS2. The molecule has 1 N–H and O–H groups in total. The second-order valence-electron chi connectivity index (χ2n) is 4.98. The lowest BCUT2D eigenvalue weighted by Gasteiger charge is -2.31. The quantitative estimate of drug-likeness (QED) is 0.725. The Kier molecular flexibility index (Phi) is 2.63. The lowest BCUT2D eigenvalue weighted by atomic mass is 10.0. The highest BCUT2D eigenvalue weighted by Crippen LogP contribution is 2.47. The van der Waals surface area contributed by atoms with Gasteiger partial charge in [0.05, 0.1) is 5.37 Å². The van der Waals surface area contributed by atoms with Crippen molar-refractivity contribution in [2.45, 2.75) is 49.3 Å². The molecule has 2 rings (SSSR count). The van der Waals surface area contributed by atoms with Crippen molar-refractivity contribution in [3.05, 3.63) is 0 Å². The maximum absolute atomic E-state index is 3.75. The summed E-state index contributed by atoms with van der Waals surface area (Å²) in [6.45, 7) is 7.04. The maximum Gasteiger partial charge on any atom is 0.0683 e. The van der Waals surface area contributed by atoms with Gasteiger partial charge in [-0.25, -0.2) is 0 Å². The Hall–Kier alpha value is 0.660. The summed E-state index contributed by atoms with van der Waals surface area (Å²) in [4.78, 5) is 0. The van der Waals surface area contributed by atoms with Gasteiger partial charge < -0.3 is 0 Å². The molecule has 2 fully saturated rings. The number of hydrogen-bond donors (Lipinski definition) is 1. The van der Waals surface area contributed by atoms with Crippen LogP contribution in [0.25, 0.3) is 0 Å². The van der Waals surface area contributed by atoms with Gasteiger partial charge in [0.1, 0.15) is 0 Å². The van der Waals surface area contributed by atoms with Crippen LogP contribution in [-0.2, 0) is 0 Å². The lowest BCUT2D eigenvalue weighted by molar-refractivity contribution is 0.403. The van der Waals surface area contributed by atoms with Gasteiger partial charge in [0, 0.05) is 16.0 Å². The molecule has 2 heterocycles.